The molecule has 1 atom stereocenters. The van der Waals surface area contributed by atoms with Gasteiger partial charge in [-0.05, 0) is 5.56 Å². The molecule has 1 aromatic rings. The minimum Gasteiger partial charge on any atom is -0.547 e. The maximum Gasteiger partial charge on any atom is 1.00 e. The molecule has 0 unspecified atom stereocenters. The molecule has 0 aliphatic rings. The molecule has 0 heterocycles. The van der Waals surface area contributed by atoms with E-state index >= 15 is 0 Å². The molecule has 0 saturated carbocycles. The molecule has 3 N–H and O–H groups in total. The van der Waals surface area contributed by atoms with Crippen molar-refractivity contribution in [3.8, 4) is 0 Å². The smallest absolute Gasteiger partial charge is 0.547 e. The van der Waals surface area contributed by atoms with Crippen LogP contribution in [0.25, 0.3) is 0 Å². The number of benzene rings is 1. The molecule has 1 aromatic carbocycles. The summed E-state index contributed by atoms with van der Waals surface area (Å²) in [4.78, 5) is 10.1. The van der Waals surface area contributed by atoms with Gasteiger partial charge in [-0.1, -0.05) is 30.3 Å². The number of aliphatic carboxylic acids is 1. The van der Waals surface area contributed by atoms with Gasteiger partial charge in [-0.3, -0.25) is 0 Å². The van der Waals surface area contributed by atoms with Crippen LogP contribution < -0.4 is 34.7 Å². The normalized spacial score (nSPS) is 10.5. The SMILES string of the molecule is O.O=C([O-])[C@H](O)c1ccccc1.[Na+]. The maximum atomic E-state index is 10.1. The van der Waals surface area contributed by atoms with Gasteiger partial charge >= 0.3 is 29.6 Å². The second-order valence-electron chi connectivity index (χ2n) is 2.13. The van der Waals surface area contributed by atoms with Gasteiger partial charge in [0.15, 0.2) is 0 Å². The van der Waals surface area contributed by atoms with Crippen LogP contribution in [0.3, 0.4) is 0 Å². The van der Waals surface area contributed by atoms with Gasteiger partial charge < -0.3 is 20.5 Å². The number of hydrogen-bond donors (Lipinski definition) is 1. The van der Waals surface area contributed by atoms with E-state index in [1.807, 2.05) is 0 Å². The minimum atomic E-state index is -1.52. The third-order valence-electron chi connectivity index (χ3n) is 1.34. The Bertz CT molecular complexity index is 250. The van der Waals surface area contributed by atoms with E-state index in [2.05, 4.69) is 0 Å². The second kappa shape index (κ2) is 7.06. The topological polar surface area (TPSA) is 91.9 Å². The van der Waals surface area contributed by atoms with Gasteiger partial charge in [-0.15, -0.1) is 0 Å². The van der Waals surface area contributed by atoms with Crippen LogP contribution in [0.5, 0.6) is 0 Å². The molecular weight excluding hydrogens is 183 g/mol. The fourth-order valence-electron chi connectivity index (χ4n) is 0.771. The zero-order chi connectivity index (χ0) is 8.27. The molecule has 4 nitrogen and oxygen atoms in total. The summed E-state index contributed by atoms with van der Waals surface area (Å²) in [5.74, 6) is -1.48. The van der Waals surface area contributed by atoms with Crippen LogP contribution >= 0.6 is 0 Å². The number of aliphatic hydroxyl groups is 1. The summed E-state index contributed by atoms with van der Waals surface area (Å²) in [6.07, 6.45) is -1.52. The molecule has 1 rings (SSSR count). The molecule has 0 saturated heterocycles. The van der Waals surface area contributed by atoms with Crippen molar-refractivity contribution in [2.75, 3.05) is 0 Å². The number of aliphatic hydroxyl groups excluding tert-OH is 1. The van der Waals surface area contributed by atoms with Gasteiger partial charge in [0.1, 0.15) is 6.10 Å². The van der Waals surface area contributed by atoms with Gasteiger partial charge in [0.2, 0.25) is 0 Å². The van der Waals surface area contributed by atoms with Gasteiger partial charge in [0, 0.05) is 0 Å². The van der Waals surface area contributed by atoms with Crippen LogP contribution in [-0.2, 0) is 4.79 Å². The second-order valence-corrected chi connectivity index (χ2v) is 2.13. The summed E-state index contributed by atoms with van der Waals surface area (Å²) in [5.41, 5.74) is 0.340. The fourth-order valence-corrected chi connectivity index (χ4v) is 0.771. The van der Waals surface area contributed by atoms with Crippen molar-refractivity contribution in [1.29, 1.82) is 0 Å². The van der Waals surface area contributed by atoms with E-state index in [1.54, 1.807) is 18.2 Å². The number of hydrogen-bond acceptors (Lipinski definition) is 3. The van der Waals surface area contributed by atoms with E-state index in [4.69, 9.17) is 5.11 Å². The van der Waals surface area contributed by atoms with E-state index in [0.29, 0.717) is 5.56 Å². The zero-order valence-electron chi connectivity index (χ0n) is 7.23. The summed E-state index contributed by atoms with van der Waals surface area (Å²) in [6, 6.07) is 8.11. The average molecular weight is 192 g/mol. The van der Waals surface area contributed by atoms with Crippen molar-refractivity contribution < 1.29 is 50.0 Å². The monoisotopic (exact) mass is 192 g/mol. The van der Waals surface area contributed by atoms with Gasteiger partial charge in [-0.2, -0.15) is 0 Å². The van der Waals surface area contributed by atoms with Gasteiger partial charge in [0.25, 0.3) is 0 Å². The predicted octanol–water partition coefficient (Wildman–Crippen LogP) is -4.35. The molecule has 0 spiro atoms. The number of carbonyl (C=O) groups excluding carboxylic acids is 1. The van der Waals surface area contributed by atoms with Crippen molar-refractivity contribution >= 4 is 5.97 Å². The first-order valence-electron chi connectivity index (χ1n) is 3.15. The first-order valence-corrected chi connectivity index (χ1v) is 3.15. The first kappa shape index (κ1) is 15.1. The van der Waals surface area contributed by atoms with Crippen LogP contribution in [0.2, 0.25) is 0 Å². The first-order chi connectivity index (χ1) is 5.22. The van der Waals surface area contributed by atoms with E-state index in [0.717, 1.165) is 0 Å². The number of carbonyl (C=O) groups is 1. The Labute approximate surface area is 97.8 Å². The summed E-state index contributed by atoms with van der Waals surface area (Å²) in [5, 5.41) is 19.1. The minimum absolute atomic E-state index is 0. The third-order valence-corrected chi connectivity index (χ3v) is 1.34. The molecule has 5 heteroatoms. The van der Waals surface area contributed by atoms with Crippen molar-refractivity contribution in [2.24, 2.45) is 0 Å². The number of carboxylic acids is 1. The summed E-state index contributed by atoms with van der Waals surface area (Å²) in [6.45, 7) is 0. The van der Waals surface area contributed by atoms with Crippen LogP contribution in [0, 0.1) is 0 Å². The van der Waals surface area contributed by atoms with E-state index in [9.17, 15) is 9.90 Å². The molecule has 0 aromatic heterocycles. The Morgan fingerprint density at radius 2 is 1.77 bits per heavy atom. The predicted molar refractivity (Wildman–Crippen MR) is 40.0 cm³/mol. The molecule has 13 heavy (non-hydrogen) atoms. The molecular formula is C8H9NaO4. The standard InChI is InChI=1S/C8H8O3.Na.H2O/c9-7(8(10)11)6-4-2-1-3-5-6;;/h1-5,7,9H,(H,10,11);;1H2/q;+1;/p-1/t7-;;/m1../s1. The average Bonchev–Trinajstić information content (AvgIpc) is 2.05. The van der Waals surface area contributed by atoms with E-state index < -0.39 is 12.1 Å². The third kappa shape index (κ3) is 4.40. The van der Waals surface area contributed by atoms with Crippen molar-refractivity contribution in [3.05, 3.63) is 35.9 Å². The zero-order valence-corrected chi connectivity index (χ0v) is 9.23. The fraction of sp³-hybridized carbons (Fsp3) is 0.125. The van der Waals surface area contributed by atoms with Crippen molar-refractivity contribution in [1.82, 2.24) is 0 Å². The number of carboxylic acid groups (broad SMARTS) is 1. The van der Waals surface area contributed by atoms with Crippen LogP contribution in [0.4, 0.5) is 0 Å². The van der Waals surface area contributed by atoms with E-state index in [1.165, 1.54) is 12.1 Å². The van der Waals surface area contributed by atoms with Crippen molar-refractivity contribution in [3.63, 3.8) is 0 Å². The molecule has 0 radical (unpaired) electrons. The molecule has 0 bridgehead atoms. The summed E-state index contributed by atoms with van der Waals surface area (Å²) >= 11 is 0. The Hall–Kier alpha value is -0.390. The molecule has 0 aliphatic heterocycles. The summed E-state index contributed by atoms with van der Waals surface area (Å²) in [7, 11) is 0. The Kier molecular flexibility index (Phi) is 8.20. The maximum absolute atomic E-state index is 10.1. The van der Waals surface area contributed by atoms with Crippen LogP contribution in [-0.4, -0.2) is 16.6 Å². The Morgan fingerprint density at radius 1 is 1.31 bits per heavy atom. The number of rotatable bonds is 2. The van der Waals surface area contributed by atoms with Gasteiger partial charge in [-0.25, -0.2) is 0 Å². The van der Waals surface area contributed by atoms with Crippen LogP contribution in [0.15, 0.2) is 30.3 Å². The molecule has 66 valence electrons. The molecule has 0 amide bonds. The largest absolute Gasteiger partial charge is 1.00 e. The molecule has 0 fully saturated rings. The Morgan fingerprint density at radius 3 is 2.15 bits per heavy atom. The molecule has 0 aliphatic carbocycles. The summed E-state index contributed by atoms with van der Waals surface area (Å²) < 4.78 is 0. The van der Waals surface area contributed by atoms with Crippen LogP contribution in [0.1, 0.15) is 11.7 Å². The quantitative estimate of drug-likeness (QED) is 0.480. The van der Waals surface area contributed by atoms with Gasteiger partial charge in [0.05, 0.1) is 5.97 Å². The van der Waals surface area contributed by atoms with E-state index in [-0.39, 0.29) is 35.0 Å². The Balaban J connectivity index is 0. The van der Waals surface area contributed by atoms with Crippen molar-refractivity contribution in [2.45, 2.75) is 6.10 Å².